The summed E-state index contributed by atoms with van der Waals surface area (Å²) >= 11 is 13.0. The number of hydrogen-bond acceptors (Lipinski definition) is 10. The summed E-state index contributed by atoms with van der Waals surface area (Å²) in [6.07, 6.45) is 5.12. The number of halogens is 4. The predicted molar refractivity (Wildman–Crippen MR) is 208 cm³/mol. The number of alkyl halides is 2. The molecule has 1 saturated carbocycles. The maximum absolute atomic E-state index is 14.0. The topological polar surface area (TPSA) is 144 Å². The second kappa shape index (κ2) is 18.2. The lowest BCUT2D eigenvalue weighted by Gasteiger charge is -2.44. The molecule has 1 unspecified atom stereocenters. The molecule has 3 aromatic carbocycles. The Morgan fingerprint density at radius 1 is 0.931 bits per heavy atom. The summed E-state index contributed by atoms with van der Waals surface area (Å²) < 4.78 is 85.0. The third-order valence-electron chi connectivity index (χ3n) is 10.6. The maximum atomic E-state index is 14.0. The lowest BCUT2D eigenvalue weighted by atomic mass is 9.86. The van der Waals surface area contributed by atoms with Gasteiger partial charge in [0.05, 0.1) is 24.2 Å². The number of sulfonamides is 1. The van der Waals surface area contributed by atoms with Crippen LogP contribution in [-0.2, 0) is 30.7 Å². The highest BCUT2D eigenvalue weighted by Gasteiger charge is 2.39. The van der Waals surface area contributed by atoms with Gasteiger partial charge < -0.3 is 23.7 Å². The number of piperidine rings is 3. The average Bonchev–Trinajstić information content (AvgIpc) is 4.06. The molecule has 4 aliphatic rings. The fourth-order valence-electron chi connectivity index (χ4n) is 7.13. The molecule has 1 aromatic heterocycles. The van der Waals surface area contributed by atoms with Crippen molar-refractivity contribution in [3.63, 3.8) is 0 Å². The minimum Gasteiger partial charge on any atom is -0.497 e. The van der Waals surface area contributed by atoms with Gasteiger partial charge in [-0.2, -0.15) is 13.5 Å². The van der Waals surface area contributed by atoms with Gasteiger partial charge in [-0.25, -0.2) is 23.0 Å². The molecule has 2 bridgehead atoms. The Balaban J connectivity index is 1.15. The molecule has 4 heterocycles. The summed E-state index contributed by atoms with van der Waals surface area (Å²) in [6.45, 7) is -0.393. The molecule has 12 nitrogen and oxygen atoms in total. The third-order valence-corrected chi connectivity index (χ3v) is 12.7. The molecule has 308 valence electrons. The van der Waals surface area contributed by atoms with Crippen molar-refractivity contribution in [3.05, 3.63) is 111 Å². The number of hydrogen-bond donors (Lipinski definition) is 1. The molecule has 0 radical (unpaired) electrons. The number of rotatable bonds is 17. The Morgan fingerprint density at radius 2 is 1.64 bits per heavy atom. The number of methoxy groups -OCH3 is 1. The summed E-state index contributed by atoms with van der Waals surface area (Å²) in [6, 6.07) is 14.3. The van der Waals surface area contributed by atoms with E-state index in [-0.39, 0.29) is 63.0 Å². The van der Waals surface area contributed by atoms with E-state index >= 15 is 0 Å². The van der Waals surface area contributed by atoms with E-state index in [2.05, 4.69) is 14.6 Å². The van der Waals surface area contributed by atoms with Crippen molar-refractivity contribution in [2.75, 3.05) is 33.4 Å². The number of fused-ring (bicyclic) bond motifs is 3. The van der Waals surface area contributed by atoms with Gasteiger partial charge in [-0.1, -0.05) is 47.5 Å². The number of H-pyrrole nitrogens is 1. The first-order valence-electron chi connectivity index (χ1n) is 18.8. The van der Waals surface area contributed by atoms with E-state index in [0.29, 0.717) is 29.0 Å². The van der Waals surface area contributed by atoms with E-state index in [1.165, 1.54) is 55.9 Å². The Hall–Kier alpha value is -4.54. The van der Waals surface area contributed by atoms with Crippen LogP contribution in [0.2, 0.25) is 10.0 Å². The molecule has 3 aliphatic heterocycles. The highest BCUT2D eigenvalue weighted by Crippen LogP contribution is 2.38. The smallest absolute Gasteiger partial charge is 0.387 e. The number of carbonyl (C=O) groups excluding carboxylic acids is 2. The zero-order valence-electron chi connectivity index (χ0n) is 31.4. The number of aromatic nitrogens is 1. The number of aromatic amines is 1. The predicted octanol–water partition coefficient (Wildman–Crippen LogP) is 7.00. The second-order valence-electron chi connectivity index (χ2n) is 14.5. The molecule has 3 saturated heterocycles. The lowest BCUT2D eigenvalue weighted by Crippen LogP contribution is -2.52. The number of pyridine rings is 1. The van der Waals surface area contributed by atoms with Gasteiger partial charge in [-0.15, -0.1) is 0 Å². The maximum Gasteiger partial charge on any atom is 0.387 e. The molecule has 17 heteroatoms. The van der Waals surface area contributed by atoms with Gasteiger partial charge >= 0.3 is 18.6 Å². The van der Waals surface area contributed by atoms with Crippen molar-refractivity contribution in [1.29, 1.82) is 0 Å². The van der Waals surface area contributed by atoms with Crippen molar-refractivity contribution < 1.29 is 55.5 Å². The van der Waals surface area contributed by atoms with Gasteiger partial charge in [0.25, 0.3) is 0 Å². The van der Waals surface area contributed by atoms with E-state index < -0.39 is 40.7 Å². The van der Waals surface area contributed by atoms with E-state index in [9.17, 15) is 26.8 Å². The van der Waals surface area contributed by atoms with Gasteiger partial charge in [-0.05, 0) is 104 Å². The molecule has 4 fully saturated rings. The van der Waals surface area contributed by atoms with Crippen LogP contribution in [0.15, 0.2) is 84.0 Å². The standard InChI is InChI=1S/C41H41Cl2F2N3O9S/c1-53-29-10-7-26(8-11-29)38(40(50)56-37-22-48-15-13-25(37)14-16-48)47-58(51,52)30-4-2-3-28(17-30)39(49)55-35(19-31-32(42)20-46-21-33(31)43)27-9-12-34(57-41(44)45)36(18-27)54-23-24-5-6-24/h2-4,7-12,17-18,20-21,24-25,35,37-38,41,47H,5-6,13-16,19,22-23H2,1H3/p+1/t35-,37-,38?/m0/s1. The Kier molecular flexibility index (Phi) is 13.0. The Labute approximate surface area is 344 Å². The molecule has 0 amide bonds. The molecule has 2 N–H and O–H groups in total. The van der Waals surface area contributed by atoms with Crippen LogP contribution in [0.4, 0.5) is 8.78 Å². The molecule has 58 heavy (non-hydrogen) atoms. The third kappa shape index (κ3) is 10.2. The first kappa shape index (κ1) is 41.6. The number of benzene rings is 3. The molecule has 1 aliphatic carbocycles. The van der Waals surface area contributed by atoms with Crippen molar-refractivity contribution in [2.24, 2.45) is 11.8 Å². The van der Waals surface area contributed by atoms with E-state index in [0.717, 1.165) is 44.8 Å². The first-order valence-corrected chi connectivity index (χ1v) is 21.1. The second-order valence-corrected chi connectivity index (χ2v) is 17.1. The summed E-state index contributed by atoms with van der Waals surface area (Å²) in [5, 5.41) is 0.489. The van der Waals surface area contributed by atoms with Crippen LogP contribution >= 0.6 is 23.2 Å². The summed E-state index contributed by atoms with van der Waals surface area (Å²) in [5.74, 6) is -0.856. The number of carbonyl (C=O) groups is 2. The largest absolute Gasteiger partial charge is 0.497 e. The fraction of sp³-hybridized carbons (Fsp3) is 0.390. The highest BCUT2D eigenvalue weighted by atomic mass is 35.5. The fourth-order valence-corrected chi connectivity index (χ4v) is 8.88. The summed E-state index contributed by atoms with van der Waals surface area (Å²) in [7, 11) is -2.98. The number of ether oxygens (including phenoxy) is 5. The van der Waals surface area contributed by atoms with Crippen LogP contribution in [0.3, 0.4) is 0 Å². The number of esters is 2. The molecular formula is C41H42Cl2F2N3O9S+. The van der Waals surface area contributed by atoms with Crippen LogP contribution < -0.4 is 23.9 Å². The highest BCUT2D eigenvalue weighted by molar-refractivity contribution is 7.89. The number of nitrogens with zero attached hydrogens (tertiary/aromatic N) is 1. The minimum absolute atomic E-state index is 0.0296. The van der Waals surface area contributed by atoms with Gasteiger partial charge in [0.15, 0.2) is 23.9 Å². The van der Waals surface area contributed by atoms with Crippen LogP contribution in [0.1, 0.15) is 64.9 Å². The molecule has 4 aromatic rings. The summed E-state index contributed by atoms with van der Waals surface area (Å²) in [5.41, 5.74) is 0.957. The van der Waals surface area contributed by atoms with Crippen LogP contribution in [0.5, 0.6) is 17.2 Å². The number of nitrogens with one attached hydrogen (secondary N) is 2. The molecule has 0 spiro atoms. The van der Waals surface area contributed by atoms with Gasteiger partial charge in [0, 0.05) is 18.5 Å². The molecule has 8 rings (SSSR count). The zero-order valence-corrected chi connectivity index (χ0v) is 33.7. The van der Waals surface area contributed by atoms with Crippen molar-refractivity contribution >= 4 is 45.2 Å². The molecular weight excluding hydrogens is 819 g/mol. The van der Waals surface area contributed by atoms with Gasteiger partial charge in [0.1, 0.15) is 34.0 Å². The van der Waals surface area contributed by atoms with Crippen molar-refractivity contribution in [2.45, 2.75) is 61.9 Å². The average molecular weight is 862 g/mol. The molecule has 3 atom stereocenters. The van der Waals surface area contributed by atoms with E-state index in [1.807, 2.05) is 0 Å². The van der Waals surface area contributed by atoms with E-state index in [1.54, 1.807) is 24.3 Å². The lowest BCUT2D eigenvalue weighted by molar-refractivity contribution is -0.377. The van der Waals surface area contributed by atoms with Crippen molar-refractivity contribution in [1.82, 2.24) is 9.62 Å². The van der Waals surface area contributed by atoms with Crippen molar-refractivity contribution in [3.8, 4) is 17.2 Å². The SMILES string of the molecule is COc1ccc(C(NS(=O)(=O)c2cccc(C(=O)O[C@@H](Cc3c(Cl)c[nH+]cc3Cl)c3ccc(OC(F)F)c(OCC4CC4)c3)c2)C(=O)O[C@H]2CN3CCC2CC3)cc1. The van der Waals surface area contributed by atoms with Crippen LogP contribution in [0.25, 0.3) is 0 Å². The Morgan fingerprint density at radius 3 is 2.28 bits per heavy atom. The Bertz CT molecular complexity index is 2200. The minimum atomic E-state index is -4.47. The van der Waals surface area contributed by atoms with Crippen LogP contribution in [0, 0.1) is 11.8 Å². The normalized spacial score (nSPS) is 19.9. The van der Waals surface area contributed by atoms with E-state index in [4.69, 9.17) is 46.9 Å². The van der Waals surface area contributed by atoms with Crippen LogP contribution in [-0.4, -0.2) is 71.3 Å². The van der Waals surface area contributed by atoms with Gasteiger partial charge in [-0.3, -0.25) is 4.90 Å². The summed E-state index contributed by atoms with van der Waals surface area (Å²) in [4.78, 5) is 32.5. The zero-order chi connectivity index (χ0) is 41.0. The first-order chi connectivity index (χ1) is 27.9. The monoisotopic (exact) mass is 860 g/mol. The van der Waals surface area contributed by atoms with Gasteiger partial charge in [0.2, 0.25) is 10.0 Å². The quantitative estimate of drug-likeness (QED) is 0.110.